The molecule has 0 spiro atoms. The van der Waals surface area contributed by atoms with Crippen molar-refractivity contribution in [3.05, 3.63) is 11.6 Å². The van der Waals surface area contributed by atoms with Crippen molar-refractivity contribution in [1.82, 2.24) is 19.7 Å². The third-order valence-electron chi connectivity index (χ3n) is 5.15. The first kappa shape index (κ1) is 19.2. The minimum atomic E-state index is -0.353. The molecule has 1 saturated heterocycles. The zero-order chi connectivity index (χ0) is 16.2. The Balaban J connectivity index is 0.00000208. The highest BCUT2D eigenvalue weighted by Crippen LogP contribution is 2.28. The maximum Gasteiger partial charge on any atom is 0.239 e. The molecule has 2 unspecified atom stereocenters. The van der Waals surface area contributed by atoms with E-state index < -0.39 is 0 Å². The second-order valence-electron chi connectivity index (χ2n) is 6.96. The van der Waals surface area contributed by atoms with Crippen molar-refractivity contribution in [3.63, 3.8) is 0 Å². The molecule has 24 heavy (non-hydrogen) atoms. The Kier molecular flexibility index (Phi) is 7.04. The number of hydrogen-bond acceptors (Lipinski definition) is 4. The maximum absolute atomic E-state index is 12.5. The maximum atomic E-state index is 12.5. The lowest BCUT2D eigenvalue weighted by Crippen LogP contribution is -2.47. The first-order valence-electron chi connectivity index (χ1n) is 9.17. The average molecular weight is 356 g/mol. The molecule has 1 fully saturated rings. The lowest BCUT2D eigenvalue weighted by atomic mass is 9.96. The van der Waals surface area contributed by atoms with Gasteiger partial charge in [-0.1, -0.05) is 19.8 Å². The second-order valence-corrected chi connectivity index (χ2v) is 6.96. The van der Waals surface area contributed by atoms with Crippen LogP contribution in [0.15, 0.2) is 0 Å². The molecule has 3 heterocycles. The summed E-state index contributed by atoms with van der Waals surface area (Å²) in [5, 5.41) is 8.89. The van der Waals surface area contributed by atoms with Crippen LogP contribution < -0.4 is 5.73 Å². The molecule has 2 aliphatic heterocycles. The minimum Gasteiger partial charge on any atom is -0.341 e. The van der Waals surface area contributed by atoms with Gasteiger partial charge in [0.2, 0.25) is 5.91 Å². The quantitative estimate of drug-likeness (QED) is 0.898. The van der Waals surface area contributed by atoms with Gasteiger partial charge in [-0.05, 0) is 32.1 Å². The third-order valence-corrected chi connectivity index (χ3v) is 5.15. The fourth-order valence-electron chi connectivity index (χ4n) is 3.87. The number of carbonyl (C=O) groups is 1. The molecule has 2 N–H and O–H groups in total. The van der Waals surface area contributed by atoms with E-state index in [1.165, 1.54) is 19.3 Å². The lowest BCUT2D eigenvalue weighted by molar-refractivity contribution is -0.134. The molecule has 0 radical (unpaired) electrons. The van der Waals surface area contributed by atoms with Gasteiger partial charge >= 0.3 is 0 Å². The summed E-state index contributed by atoms with van der Waals surface area (Å²) in [6.45, 7) is 4.66. The largest absolute Gasteiger partial charge is 0.341 e. The highest BCUT2D eigenvalue weighted by atomic mass is 35.5. The topological polar surface area (TPSA) is 77.0 Å². The predicted octanol–water partition coefficient (Wildman–Crippen LogP) is 2.26. The number of piperidine rings is 1. The van der Waals surface area contributed by atoms with Crippen LogP contribution in [-0.2, 0) is 17.8 Å². The number of hydrogen-bond donors (Lipinski definition) is 1. The number of halogens is 1. The summed E-state index contributed by atoms with van der Waals surface area (Å²) in [6, 6.07) is -0.353. The Bertz CT molecular complexity index is 547. The molecule has 1 amide bonds. The van der Waals surface area contributed by atoms with Crippen LogP contribution in [0.25, 0.3) is 0 Å². The molecule has 0 aromatic carbocycles. The van der Waals surface area contributed by atoms with E-state index in [2.05, 4.69) is 21.7 Å². The van der Waals surface area contributed by atoms with Gasteiger partial charge < -0.3 is 15.2 Å². The van der Waals surface area contributed by atoms with Gasteiger partial charge in [-0.15, -0.1) is 22.6 Å². The molecule has 0 bridgehead atoms. The smallest absolute Gasteiger partial charge is 0.239 e. The average Bonchev–Trinajstić information content (AvgIpc) is 2.83. The number of aromatic nitrogens is 3. The van der Waals surface area contributed by atoms with Gasteiger partial charge in [0.25, 0.3) is 0 Å². The number of nitrogens with zero attached hydrogens (tertiary/aromatic N) is 4. The van der Waals surface area contributed by atoms with Gasteiger partial charge in [0.1, 0.15) is 11.6 Å². The fourth-order valence-corrected chi connectivity index (χ4v) is 3.87. The van der Waals surface area contributed by atoms with Crippen molar-refractivity contribution in [2.45, 2.75) is 76.8 Å². The van der Waals surface area contributed by atoms with Gasteiger partial charge in [0.05, 0.1) is 6.04 Å². The van der Waals surface area contributed by atoms with Crippen LogP contribution in [0.4, 0.5) is 0 Å². The highest BCUT2D eigenvalue weighted by molar-refractivity contribution is 5.85. The number of aryl methyl sites for hydroxylation is 1. The van der Waals surface area contributed by atoms with Gasteiger partial charge in [-0.3, -0.25) is 4.79 Å². The summed E-state index contributed by atoms with van der Waals surface area (Å²) < 4.78 is 2.32. The van der Waals surface area contributed by atoms with Crippen molar-refractivity contribution >= 4 is 18.3 Å². The molecule has 6 nitrogen and oxygen atoms in total. The van der Waals surface area contributed by atoms with Crippen molar-refractivity contribution in [2.24, 2.45) is 5.73 Å². The molecule has 0 saturated carbocycles. The zero-order valence-corrected chi connectivity index (χ0v) is 15.4. The van der Waals surface area contributed by atoms with Crippen LogP contribution in [0.2, 0.25) is 0 Å². The normalized spacial score (nSPS) is 22.2. The van der Waals surface area contributed by atoms with Crippen molar-refractivity contribution in [3.8, 4) is 0 Å². The first-order chi connectivity index (χ1) is 11.2. The van der Waals surface area contributed by atoms with Crippen LogP contribution >= 0.6 is 12.4 Å². The number of nitrogens with two attached hydrogens (primary N) is 1. The van der Waals surface area contributed by atoms with Gasteiger partial charge in [0, 0.05) is 32.0 Å². The first-order valence-corrected chi connectivity index (χ1v) is 9.17. The van der Waals surface area contributed by atoms with E-state index in [0.717, 1.165) is 63.4 Å². The summed E-state index contributed by atoms with van der Waals surface area (Å²) in [4.78, 5) is 14.5. The van der Waals surface area contributed by atoms with E-state index in [-0.39, 0.29) is 24.4 Å². The Morgan fingerprint density at radius 1 is 1.25 bits per heavy atom. The Hall–Kier alpha value is -1.14. The highest BCUT2D eigenvalue weighted by Gasteiger charge is 2.31. The molecule has 136 valence electrons. The molecule has 2 aliphatic rings. The van der Waals surface area contributed by atoms with Gasteiger partial charge in [0.15, 0.2) is 0 Å². The Morgan fingerprint density at radius 3 is 2.88 bits per heavy atom. The summed E-state index contributed by atoms with van der Waals surface area (Å²) >= 11 is 0. The number of likely N-dealkylation sites (tertiary alicyclic amines) is 1. The minimum absolute atomic E-state index is 0. The van der Waals surface area contributed by atoms with Gasteiger partial charge in [-0.25, -0.2) is 0 Å². The van der Waals surface area contributed by atoms with Crippen LogP contribution in [0.3, 0.4) is 0 Å². The van der Waals surface area contributed by atoms with Crippen molar-refractivity contribution in [2.75, 3.05) is 13.1 Å². The van der Waals surface area contributed by atoms with Crippen LogP contribution in [0.5, 0.6) is 0 Å². The van der Waals surface area contributed by atoms with Crippen LogP contribution in [-0.4, -0.2) is 44.7 Å². The molecular weight excluding hydrogens is 326 g/mol. The number of amides is 1. The standard InChI is InChI=1S/C17H29N5O.ClH/c1-2-7-14(18)17(23)21-10-6-8-13(12-21)16-20-19-15-9-4-3-5-11-22(15)16;/h13-14H,2-12,18H2,1H3;1H. The summed E-state index contributed by atoms with van der Waals surface area (Å²) in [7, 11) is 0. The monoisotopic (exact) mass is 355 g/mol. The third kappa shape index (κ3) is 4.09. The van der Waals surface area contributed by atoms with Crippen LogP contribution in [0, 0.1) is 0 Å². The molecule has 0 aliphatic carbocycles. The summed E-state index contributed by atoms with van der Waals surface area (Å²) in [5.41, 5.74) is 6.03. The fraction of sp³-hybridized carbons (Fsp3) is 0.824. The molecule has 1 aromatic rings. The van der Waals surface area contributed by atoms with E-state index in [0.29, 0.717) is 5.92 Å². The zero-order valence-electron chi connectivity index (χ0n) is 14.6. The van der Waals surface area contributed by atoms with Crippen molar-refractivity contribution < 1.29 is 4.79 Å². The van der Waals surface area contributed by atoms with Crippen molar-refractivity contribution in [1.29, 1.82) is 0 Å². The van der Waals surface area contributed by atoms with E-state index in [9.17, 15) is 4.79 Å². The van der Waals surface area contributed by atoms with E-state index >= 15 is 0 Å². The Morgan fingerprint density at radius 2 is 2.08 bits per heavy atom. The van der Waals surface area contributed by atoms with E-state index in [1.807, 2.05) is 4.90 Å². The summed E-state index contributed by atoms with van der Waals surface area (Å²) in [5.74, 6) is 2.63. The predicted molar refractivity (Wildman–Crippen MR) is 96.3 cm³/mol. The second kappa shape index (κ2) is 8.81. The number of carbonyl (C=O) groups excluding carboxylic acids is 1. The number of rotatable bonds is 4. The molecule has 3 rings (SSSR count). The SMILES string of the molecule is CCCC(N)C(=O)N1CCCC(c2nnc3n2CCCCC3)C1.Cl. The molecule has 1 aromatic heterocycles. The van der Waals surface area contributed by atoms with Gasteiger partial charge in [-0.2, -0.15) is 0 Å². The van der Waals surface area contributed by atoms with E-state index in [4.69, 9.17) is 5.73 Å². The number of fused-ring (bicyclic) bond motifs is 1. The summed E-state index contributed by atoms with van der Waals surface area (Å²) in [6.07, 6.45) is 8.53. The molecule has 2 atom stereocenters. The van der Waals surface area contributed by atoms with Crippen LogP contribution in [0.1, 0.15) is 69.4 Å². The molecular formula is C17H30ClN5O. The molecule has 7 heteroatoms. The lowest BCUT2D eigenvalue weighted by Gasteiger charge is -2.34. The Labute approximate surface area is 150 Å². The van der Waals surface area contributed by atoms with E-state index in [1.54, 1.807) is 0 Å².